The lowest BCUT2D eigenvalue weighted by molar-refractivity contribution is -0.0473. The first-order chi connectivity index (χ1) is 14.4. The van der Waals surface area contributed by atoms with Gasteiger partial charge >= 0.3 is 0 Å². The van der Waals surface area contributed by atoms with E-state index in [1.54, 1.807) is 18.2 Å². The monoisotopic (exact) mass is 454 g/mol. The van der Waals surface area contributed by atoms with Crippen LogP contribution in [0.1, 0.15) is 58.7 Å². The highest BCUT2D eigenvalue weighted by Gasteiger charge is 2.36. The van der Waals surface area contributed by atoms with Gasteiger partial charge in [-0.25, -0.2) is 22.2 Å². The minimum Gasteiger partial charge on any atom is -0.327 e. The molecule has 6 nitrogen and oxygen atoms in total. The van der Waals surface area contributed by atoms with E-state index >= 15 is 0 Å². The number of benzene rings is 1. The average molecular weight is 455 g/mol. The Kier molecular flexibility index (Phi) is 5.67. The van der Waals surface area contributed by atoms with Gasteiger partial charge in [0.15, 0.2) is 0 Å². The van der Waals surface area contributed by atoms with Gasteiger partial charge in [-0.15, -0.1) is 0 Å². The van der Waals surface area contributed by atoms with Crippen molar-refractivity contribution in [2.75, 3.05) is 13.1 Å². The van der Waals surface area contributed by atoms with Crippen LogP contribution in [0.5, 0.6) is 0 Å². The molecule has 1 aliphatic heterocycles. The van der Waals surface area contributed by atoms with E-state index in [0.29, 0.717) is 44.4 Å². The fourth-order valence-electron chi connectivity index (χ4n) is 4.69. The number of sulfonamides is 1. The lowest BCUT2D eigenvalue weighted by Gasteiger charge is -2.30. The number of nitrogens with zero attached hydrogens (tertiary/aromatic N) is 3. The van der Waals surface area contributed by atoms with E-state index in [-0.39, 0.29) is 35.1 Å². The highest BCUT2D eigenvalue weighted by molar-refractivity contribution is 7.89. The zero-order valence-corrected chi connectivity index (χ0v) is 19.3. The SMILES string of the molecule is CC(C)(C)c1nc2cc(S(=O)(=O)N3CC[C@H](N)C3)ccc2n1CC1CCC(F)(F)CC1. The Balaban J connectivity index is 1.69. The first-order valence-corrected chi connectivity index (χ1v) is 12.5. The first kappa shape index (κ1) is 22.6. The van der Waals surface area contributed by atoms with Gasteiger partial charge in [0, 0.05) is 43.9 Å². The number of imidazole rings is 1. The number of rotatable bonds is 4. The molecule has 0 bridgehead atoms. The largest absolute Gasteiger partial charge is 0.327 e. The van der Waals surface area contributed by atoms with Crippen LogP contribution in [0.25, 0.3) is 11.0 Å². The summed E-state index contributed by atoms with van der Waals surface area (Å²) in [4.78, 5) is 5.02. The molecule has 0 unspecified atom stereocenters. The lowest BCUT2D eigenvalue weighted by Crippen LogP contribution is -2.31. The summed E-state index contributed by atoms with van der Waals surface area (Å²) in [7, 11) is -3.62. The molecule has 1 aliphatic carbocycles. The minimum atomic E-state index is -3.62. The van der Waals surface area contributed by atoms with E-state index in [4.69, 9.17) is 10.7 Å². The number of hydrogen-bond donors (Lipinski definition) is 1. The molecule has 2 N–H and O–H groups in total. The second-order valence-electron chi connectivity index (χ2n) is 10.2. The number of fused-ring (bicyclic) bond motifs is 1. The molecule has 0 radical (unpaired) electrons. The van der Waals surface area contributed by atoms with E-state index in [0.717, 1.165) is 11.3 Å². The van der Waals surface area contributed by atoms with Crippen LogP contribution in [0.2, 0.25) is 0 Å². The summed E-state index contributed by atoms with van der Waals surface area (Å²) in [6, 6.07) is 4.93. The summed E-state index contributed by atoms with van der Waals surface area (Å²) in [6.07, 6.45) is 1.48. The molecule has 1 saturated carbocycles. The topological polar surface area (TPSA) is 81.2 Å². The predicted molar refractivity (Wildman–Crippen MR) is 117 cm³/mol. The smallest absolute Gasteiger partial charge is 0.248 e. The molecule has 9 heteroatoms. The van der Waals surface area contributed by atoms with Crippen molar-refractivity contribution in [3.63, 3.8) is 0 Å². The van der Waals surface area contributed by atoms with Gasteiger partial charge in [0.25, 0.3) is 0 Å². The maximum atomic E-state index is 13.6. The zero-order valence-electron chi connectivity index (χ0n) is 18.4. The second kappa shape index (κ2) is 7.78. The van der Waals surface area contributed by atoms with Gasteiger partial charge in [-0.05, 0) is 43.4 Å². The summed E-state index contributed by atoms with van der Waals surface area (Å²) < 4.78 is 56.8. The number of halogens is 2. The van der Waals surface area contributed by atoms with E-state index in [1.807, 2.05) is 0 Å². The van der Waals surface area contributed by atoms with Crippen molar-refractivity contribution in [2.45, 2.75) is 81.7 Å². The number of nitrogens with two attached hydrogens (primary N) is 1. The normalized spacial score (nSPS) is 23.6. The molecule has 4 rings (SSSR count). The molecule has 1 atom stereocenters. The van der Waals surface area contributed by atoms with Crippen molar-refractivity contribution >= 4 is 21.1 Å². The van der Waals surface area contributed by atoms with Gasteiger partial charge < -0.3 is 10.3 Å². The Bertz CT molecular complexity index is 1070. The lowest BCUT2D eigenvalue weighted by atomic mass is 9.86. The highest BCUT2D eigenvalue weighted by atomic mass is 32.2. The Morgan fingerprint density at radius 1 is 1.19 bits per heavy atom. The Hall–Kier alpha value is -1.58. The van der Waals surface area contributed by atoms with Gasteiger partial charge in [-0.3, -0.25) is 0 Å². The molecule has 0 spiro atoms. The van der Waals surface area contributed by atoms with Gasteiger partial charge in [0.1, 0.15) is 5.82 Å². The third-order valence-corrected chi connectivity index (χ3v) is 8.35. The minimum absolute atomic E-state index is 0.0739. The van der Waals surface area contributed by atoms with Crippen LogP contribution in [0, 0.1) is 5.92 Å². The van der Waals surface area contributed by atoms with Crippen molar-refractivity contribution in [1.82, 2.24) is 13.9 Å². The van der Waals surface area contributed by atoms with Gasteiger partial charge in [0.2, 0.25) is 15.9 Å². The molecule has 2 aliphatic rings. The van der Waals surface area contributed by atoms with Crippen LogP contribution in [-0.4, -0.2) is 47.3 Å². The van der Waals surface area contributed by atoms with Gasteiger partial charge in [-0.2, -0.15) is 4.31 Å². The van der Waals surface area contributed by atoms with E-state index in [9.17, 15) is 17.2 Å². The summed E-state index contributed by atoms with van der Waals surface area (Å²) >= 11 is 0. The van der Waals surface area contributed by atoms with Crippen molar-refractivity contribution in [2.24, 2.45) is 11.7 Å². The maximum absolute atomic E-state index is 13.6. The molecule has 2 fully saturated rings. The van der Waals surface area contributed by atoms with Crippen molar-refractivity contribution < 1.29 is 17.2 Å². The molecule has 31 heavy (non-hydrogen) atoms. The molecule has 2 heterocycles. The summed E-state index contributed by atoms with van der Waals surface area (Å²) in [5.41, 5.74) is 7.10. The quantitative estimate of drug-likeness (QED) is 0.760. The zero-order chi connectivity index (χ0) is 22.6. The molecule has 1 aromatic carbocycles. The van der Waals surface area contributed by atoms with Crippen molar-refractivity contribution in [3.05, 3.63) is 24.0 Å². The standard InChI is InChI=1S/C22H32F2N4O2S/c1-21(2,3)20-26-18-12-17(31(29,30)27-11-8-16(25)14-27)4-5-19(18)28(20)13-15-6-9-22(23,24)10-7-15/h4-5,12,15-16H,6-11,13-14,25H2,1-3H3/t16-/m0/s1. The van der Waals surface area contributed by atoms with Crippen LogP contribution < -0.4 is 5.73 Å². The van der Waals surface area contributed by atoms with Gasteiger partial charge in [-0.1, -0.05) is 20.8 Å². The van der Waals surface area contributed by atoms with E-state index < -0.39 is 15.9 Å². The first-order valence-electron chi connectivity index (χ1n) is 11.0. The molecular formula is C22H32F2N4O2S. The van der Waals surface area contributed by atoms with Crippen LogP contribution in [0.4, 0.5) is 8.78 Å². The number of hydrogen-bond acceptors (Lipinski definition) is 4. The average Bonchev–Trinajstić information content (AvgIpc) is 3.27. The molecule has 172 valence electrons. The number of aromatic nitrogens is 2. The molecule has 1 saturated heterocycles. The van der Waals surface area contributed by atoms with Crippen LogP contribution in [0.3, 0.4) is 0 Å². The summed E-state index contributed by atoms with van der Waals surface area (Å²) in [6.45, 7) is 7.55. The predicted octanol–water partition coefficient (Wildman–Crippen LogP) is 3.88. The fraction of sp³-hybridized carbons (Fsp3) is 0.682. The van der Waals surface area contributed by atoms with Crippen LogP contribution >= 0.6 is 0 Å². The number of alkyl halides is 2. The molecule has 0 amide bonds. The molecular weight excluding hydrogens is 422 g/mol. The van der Waals surface area contributed by atoms with E-state index in [2.05, 4.69) is 25.3 Å². The summed E-state index contributed by atoms with van der Waals surface area (Å²) in [5.74, 6) is -1.55. The fourth-order valence-corrected chi connectivity index (χ4v) is 6.22. The highest BCUT2D eigenvalue weighted by Crippen LogP contribution is 2.38. The van der Waals surface area contributed by atoms with Crippen molar-refractivity contribution in [3.8, 4) is 0 Å². The Morgan fingerprint density at radius 3 is 2.45 bits per heavy atom. The van der Waals surface area contributed by atoms with Crippen LogP contribution in [0.15, 0.2) is 23.1 Å². The maximum Gasteiger partial charge on any atom is 0.248 e. The third-order valence-electron chi connectivity index (χ3n) is 6.49. The van der Waals surface area contributed by atoms with Crippen molar-refractivity contribution in [1.29, 1.82) is 0 Å². The van der Waals surface area contributed by atoms with E-state index in [1.165, 1.54) is 4.31 Å². The Labute approximate surface area is 182 Å². The Morgan fingerprint density at radius 2 is 1.87 bits per heavy atom. The molecule has 2 aromatic rings. The molecule has 1 aromatic heterocycles. The van der Waals surface area contributed by atoms with Gasteiger partial charge in [0.05, 0.1) is 15.9 Å². The second-order valence-corrected chi connectivity index (χ2v) is 12.1. The third kappa shape index (κ3) is 4.50. The summed E-state index contributed by atoms with van der Waals surface area (Å²) in [5, 5.41) is 0. The van der Waals surface area contributed by atoms with Crippen LogP contribution in [-0.2, 0) is 22.0 Å².